The van der Waals surface area contributed by atoms with Gasteiger partial charge in [0.15, 0.2) is 0 Å². The van der Waals surface area contributed by atoms with Crippen LogP contribution in [-0.4, -0.2) is 33.7 Å². The van der Waals surface area contributed by atoms with Crippen molar-refractivity contribution in [3.05, 3.63) is 18.3 Å². The predicted octanol–water partition coefficient (Wildman–Crippen LogP) is -0.318. The van der Waals surface area contributed by atoms with Gasteiger partial charge in [0.05, 0.1) is 0 Å². The molecule has 17 heavy (non-hydrogen) atoms. The first-order valence-electron chi connectivity index (χ1n) is 5.01. The largest absolute Gasteiger partial charge is 0.385 e. The van der Waals surface area contributed by atoms with Crippen LogP contribution in [0.4, 0.5) is 5.82 Å². The maximum Gasteiger partial charge on any atom is 0.242 e. The van der Waals surface area contributed by atoms with Gasteiger partial charge in [-0.15, -0.1) is 0 Å². The van der Waals surface area contributed by atoms with Crippen molar-refractivity contribution in [2.45, 2.75) is 11.3 Å². The lowest BCUT2D eigenvalue weighted by Crippen LogP contribution is -2.25. The minimum atomic E-state index is -3.50. The number of hydrogen-bond acceptors (Lipinski definition) is 6. The third kappa shape index (κ3) is 4.27. The van der Waals surface area contributed by atoms with E-state index >= 15 is 0 Å². The molecule has 0 amide bonds. The standard InChI is InChI=1S/C9H16N4O3S/c1-16-6-2-5-12-17(14,15)8-3-4-9(13-10)11-7-8/h3-4,7,12H,2,5-6,10H2,1H3,(H,11,13). The van der Waals surface area contributed by atoms with Crippen molar-refractivity contribution in [3.8, 4) is 0 Å². The molecule has 0 saturated carbocycles. The molecular weight excluding hydrogens is 244 g/mol. The molecule has 1 heterocycles. The van der Waals surface area contributed by atoms with Crippen molar-refractivity contribution >= 4 is 15.8 Å². The summed E-state index contributed by atoms with van der Waals surface area (Å²) in [6, 6.07) is 2.92. The number of hydrogen-bond donors (Lipinski definition) is 3. The highest BCUT2D eigenvalue weighted by atomic mass is 32.2. The Bertz CT molecular complexity index is 432. The van der Waals surface area contributed by atoms with Crippen LogP contribution in [0, 0.1) is 0 Å². The monoisotopic (exact) mass is 260 g/mol. The second-order valence-electron chi connectivity index (χ2n) is 3.27. The molecule has 96 valence electrons. The molecule has 0 aliphatic rings. The summed E-state index contributed by atoms with van der Waals surface area (Å²) in [6.45, 7) is 0.837. The molecule has 0 fully saturated rings. The minimum Gasteiger partial charge on any atom is -0.385 e. The van der Waals surface area contributed by atoms with E-state index in [0.717, 1.165) is 0 Å². The number of aromatic nitrogens is 1. The lowest BCUT2D eigenvalue weighted by Gasteiger charge is -2.06. The zero-order chi connectivity index (χ0) is 12.7. The smallest absolute Gasteiger partial charge is 0.242 e. The van der Waals surface area contributed by atoms with Crippen LogP contribution < -0.4 is 16.0 Å². The fourth-order valence-electron chi connectivity index (χ4n) is 1.13. The number of nitrogens with two attached hydrogens (primary N) is 1. The second-order valence-corrected chi connectivity index (χ2v) is 5.03. The van der Waals surface area contributed by atoms with Gasteiger partial charge in [0.25, 0.3) is 0 Å². The molecule has 1 aromatic heterocycles. The Morgan fingerprint density at radius 2 is 2.24 bits per heavy atom. The van der Waals surface area contributed by atoms with Crippen LogP contribution >= 0.6 is 0 Å². The molecule has 1 aromatic rings. The summed E-state index contributed by atoms with van der Waals surface area (Å²) in [7, 11) is -1.94. The number of ether oxygens (including phenoxy) is 1. The zero-order valence-corrected chi connectivity index (χ0v) is 10.3. The van der Waals surface area contributed by atoms with Gasteiger partial charge in [-0.1, -0.05) is 0 Å². The summed E-state index contributed by atoms with van der Waals surface area (Å²) in [5, 5.41) is 0. The highest BCUT2D eigenvalue weighted by Gasteiger charge is 2.13. The third-order valence-corrected chi connectivity index (χ3v) is 3.46. The molecule has 8 heteroatoms. The topological polar surface area (TPSA) is 106 Å². The van der Waals surface area contributed by atoms with E-state index in [1.807, 2.05) is 0 Å². The van der Waals surface area contributed by atoms with Crippen LogP contribution in [0.1, 0.15) is 6.42 Å². The Labute approximate surface area is 100 Å². The van der Waals surface area contributed by atoms with Gasteiger partial charge in [-0.2, -0.15) is 0 Å². The van der Waals surface area contributed by atoms with Gasteiger partial charge in [-0.25, -0.2) is 24.0 Å². The van der Waals surface area contributed by atoms with E-state index in [4.69, 9.17) is 10.6 Å². The summed E-state index contributed by atoms with van der Waals surface area (Å²) in [6.07, 6.45) is 1.86. The van der Waals surface area contributed by atoms with Crippen molar-refractivity contribution in [2.24, 2.45) is 5.84 Å². The van der Waals surface area contributed by atoms with Crippen molar-refractivity contribution < 1.29 is 13.2 Å². The van der Waals surface area contributed by atoms with Gasteiger partial charge in [-0.3, -0.25) is 0 Å². The molecule has 0 radical (unpaired) electrons. The van der Waals surface area contributed by atoms with Crippen molar-refractivity contribution in [1.82, 2.24) is 9.71 Å². The Balaban J connectivity index is 2.62. The lowest BCUT2D eigenvalue weighted by atomic mass is 10.5. The van der Waals surface area contributed by atoms with Gasteiger partial charge >= 0.3 is 0 Å². The highest BCUT2D eigenvalue weighted by molar-refractivity contribution is 7.89. The number of anilines is 1. The molecule has 4 N–H and O–H groups in total. The lowest BCUT2D eigenvalue weighted by molar-refractivity contribution is 0.196. The Morgan fingerprint density at radius 1 is 1.47 bits per heavy atom. The molecule has 7 nitrogen and oxygen atoms in total. The summed E-state index contributed by atoms with van der Waals surface area (Å²) in [4.78, 5) is 3.93. The molecule has 0 aromatic carbocycles. The first-order valence-corrected chi connectivity index (χ1v) is 6.50. The van der Waals surface area contributed by atoms with E-state index in [9.17, 15) is 8.42 Å². The number of nitrogens with zero attached hydrogens (tertiary/aromatic N) is 1. The molecule has 1 rings (SSSR count). The van der Waals surface area contributed by atoms with Gasteiger partial charge in [0.2, 0.25) is 10.0 Å². The Morgan fingerprint density at radius 3 is 2.76 bits per heavy atom. The number of pyridine rings is 1. The molecule has 0 spiro atoms. The normalized spacial score (nSPS) is 11.4. The first kappa shape index (κ1) is 13.8. The van der Waals surface area contributed by atoms with E-state index in [-0.39, 0.29) is 4.90 Å². The van der Waals surface area contributed by atoms with Crippen LogP contribution in [-0.2, 0) is 14.8 Å². The van der Waals surface area contributed by atoms with Crippen molar-refractivity contribution in [3.63, 3.8) is 0 Å². The van der Waals surface area contributed by atoms with Crippen LogP contribution in [0.15, 0.2) is 23.2 Å². The Kier molecular flexibility index (Phi) is 5.29. The van der Waals surface area contributed by atoms with Crippen molar-refractivity contribution in [2.75, 3.05) is 25.7 Å². The summed E-state index contributed by atoms with van der Waals surface area (Å²) >= 11 is 0. The molecule has 0 unspecified atom stereocenters. The average Bonchev–Trinajstić information content (AvgIpc) is 2.35. The molecular formula is C9H16N4O3S. The van der Waals surface area contributed by atoms with E-state index in [1.165, 1.54) is 18.3 Å². The number of hydrazine groups is 1. The van der Waals surface area contributed by atoms with Gasteiger partial charge < -0.3 is 10.2 Å². The molecule has 0 atom stereocenters. The average molecular weight is 260 g/mol. The van der Waals surface area contributed by atoms with E-state index in [1.54, 1.807) is 7.11 Å². The van der Waals surface area contributed by atoms with Crippen LogP contribution in [0.2, 0.25) is 0 Å². The van der Waals surface area contributed by atoms with Crippen LogP contribution in [0.3, 0.4) is 0 Å². The number of rotatable bonds is 7. The third-order valence-electron chi connectivity index (χ3n) is 2.01. The van der Waals surface area contributed by atoms with Gasteiger partial charge in [-0.05, 0) is 18.6 Å². The fraction of sp³-hybridized carbons (Fsp3) is 0.444. The summed E-state index contributed by atoms with van der Waals surface area (Å²) in [5.41, 5.74) is 2.32. The number of methoxy groups -OCH3 is 1. The zero-order valence-electron chi connectivity index (χ0n) is 9.51. The Hall–Kier alpha value is -1.22. The maximum absolute atomic E-state index is 11.8. The van der Waals surface area contributed by atoms with Crippen LogP contribution in [0.5, 0.6) is 0 Å². The predicted molar refractivity (Wildman–Crippen MR) is 63.7 cm³/mol. The quantitative estimate of drug-likeness (QED) is 0.352. The number of nitrogen functional groups attached to an aromatic ring is 1. The van der Waals surface area contributed by atoms with Crippen LogP contribution in [0.25, 0.3) is 0 Å². The van der Waals surface area contributed by atoms with E-state index in [0.29, 0.717) is 25.4 Å². The minimum absolute atomic E-state index is 0.105. The van der Waals surface area contributed by atoms with Crippen molar-refractivity contribution in [1.29, 1.82) is 0 Å². The van der Waals surface area contributed by atoms with E-state index in [2.05, 4.69) is 15.1 Å². The fourth-order valence-corrected chi connectivity index (χ4v) is 2.15. The number of sulfonamides is 1. The molecule has 0 saturated heterocycles. The van der Waals surface area contributed by atoms with E-state index < -0.39 is 10.0 Å². The number of nitrogens with one attached hydrogen (secondary N) is 2. The summed E-state index contributed by atoms with van der Waals surface area (Å²) in [5.74, 6) is 5.54. The molecule has 0 aliphatic heterocycles. The van der Waals surface area contributed by atoms with Gasteiger partial charge in [0, 0.05) is 26.5 Å². The summed E-state index contributed by atoms with van der Waals surface area (Å²) < 4.78 is 30.8. The molecule has 0 bridgehead atoms. The first-order chi connectivity index (χ1) is 8.10. The molecule has 0 aliphatic carbocycles. The second kappa shape index (κ2) is 6.50. The highest BCUT2D eigenvalue weighted by Crippen LogP contribution is 2.09. The SMILES string of the molecule is COCCCNS(=O)(=O)c1ccc(NN)nc1. The maximum atomic E-state index is 11.8. The van der Waals surface area contributed by atoms with Gasteiger partial charge in [0.1, 0.15) is 10.7 Å².